The van der Waals surface area contributed by atoms with Gasteiger partial charge < -0.3 is 5.11 Å². The van der Waals surface area contributed by atoms with Crippen molar-refractivity contribution in [1.82, 2.24) is 10.5 Å². The summed E-state index contributed by atoms with van der Waals surface area (Å²) in [6, 6.07) is 17.9. The molecule has 1 heterocycles. The van der Waals surface area contributed by atoms with Gasteiger partial charge in [-0.15, -0.1) is 0 Å². The van der Waals surface area contributed by atoms with E-state index in [9.17, 15) is 9.90 Å². The Hall–Kier alpha value is -2.92. The number of phenols is 1. The van der Waals surface area contributed by atoms with Gasteiger partial charge in [-0.1, -0.05) is 48.5 Å². The highest BCUT2D eigenvalue weighted by Gasteiger charge is 2.10. The van der Waals surface area contributed by atoms with Crippen LogP contribution in [-0.2, 0) is 11.4 Å². The quantitative estimate of drug-likeness (QED) is 0.726. The molecule has 0 unspecified atom stereocenters. The maximum atomic E-state index is 12.0. The second-order valence-corrected chi connectivity index (χ2v) is 4.75. The molecule has 0 fully saturated rings. The first-order valence-electron chi connectivity index (χ1n) is 6.79. The molecule has 0 atom stereocenters. The fourth-order valence-electron chi connectivity index (χ4n) is 2.07. The zero-order chi connectivity index (χ0) is 15.4. The lowest BCUT2D eigenvalue weighted by Gasteiger charge is -2.07. The van der Waals surface area contributed by atoms with Gasteiger partial charge in [0.15, 0.2) is 0 Å². The molecule has 0 saturated carbocycles. The van der Waals surface area contributed by atoms with Crippen LogP contribution < -0.4 is 5.48 Å². The third kappa shape index (κ3) is 3.05. The Morgan fingerprint density at radius 3 is 2.68 bits per heavy atom. The number of rotatable bonds is 4. The fraction of sp³-hybridized carbons (Fsp3) is 0.0588. The first kappa shape index (κ1) is 14.0. The number of nitrogens with one attached hydrogen (secondary N) is 1. The summed E-state index contributed by atoms with van der Waals surface area (Å²) in [5.41, 5.74) is 3.87. The Kier molecular flexibility index (Phi) is 3.98. The fourth-order valence-corrected chi connectivity index (χ4v) is 2.07. The average molecular weight is 294 g/mol. The summed E-state index contributed by atoms with van der Waals surface area (Å²) in [4.78, 5) is 21.3. The van der Waals surface area contributed by atoms with Crippen LogP contribution in [0.3, 0.4) is 0 Å². The average Bonchev–Trinajstić information content (AvgIpc) is 2.56. The lowest BCUT2D eigenvalue weighted by Crippen LogP contribution is -2.24. The second kappa shape index (κ2) is 6.24. The zero-order valence-electron chi connectivity index (χ0n) is 11.7. The summed E-state index contributed by atoms with van der Waals surface area (Å²) >= 11 is 0. The summed E-state index contributed by atoms with van der Waals surface area (Å²) in [6.07, 6.45) is 0. The Bertz CT molecular complexity index is 803. The number of benzene rings is 2. The number of carbonyl (C=O) groups excluding carboxylic acids is 1. The molecule has 22 heavy (non-hydrogen) atoms. The van der Waals surface area contributed by atoms with Gasteiger partial charge in [-0.05, 0) is 17.7 Å². The van der Waals surface area contributed by atoms with E-state index >= 15 is 0 Å². The highest BCUT2D eigenvalue weighted by Crippen LogP contribution is 2.22. The number of hydrogen-bond acceptors (Lipinski definition) is 4. The number of para-hydroxylation sites is 1. The minimum Gasteiger partial charge on any atom is -0.506 e. The van der Waals surface area contributed by atoms with E-state index in [4.69, 9.17) is 4.84 Å². The van der Waals surface area contributed by atoms with E-state index in [-0.39, 0.29) is 18.1 Å². The van der Waals surface area contributed by atoms with Gasteiger partial charge in [0.2, 0.25) is 0 Å². The van der Waals surface area contributed by atoms with E-state index in [1.54, 1.807) is 18.2 Å². The molecular formula is C17H14N2O3. The van der Waals surface area contributed by atoms with Crippen molar-refractivity contribution in [2.45, 2.75) is 6.61 Å². The lowest BCUT2D eigenvalue weighted by atomic mass is 10.2. The number of fused-ring (bicyclic) bond motifs is 1. The van der Waals surface area contributed by atoms with E-state index in [0.717, 1.165) is 10.9 Å². The summed E-state index contributed by atoms with van der Waals surface area (Å²) in [7, 11) is 0. The van der Waals surface area contributed by atoms with E-state index < -0.39 is 5.91 Å². The number of pyridine rings is 1. The van der Waals surface area contributed by atoms with Crippen molar-refractivity contribution in [3.8, 4) is 5.75 Å². The highest BCUT2D eigenvalue weighted by molar-refractivity contribution is 5.95. The molecule has 5 nitrogen and oxygen atoms in total. The normalized spacial score (nSPS) is 10.5. The predicted molar refractivity (Wildman–Crippen MR) is 82.1 cm³/mol. The van der Waals surface area contributed by atoms with Crippen molar-refractivity contribution in [2.75, 3.05) is 0 Å². The van der Waals surface area contributed by atoms with Gasteiger partial charge in [-0.2, -0.15) is 0 Å². The number of nitrogens with zero attached hydrogens (tertiary/aromatic N) is 1. The number of aromatic hydroxyl groups is 1. The van der Waals surface area contributed by atoms with Crippen molar-refractivity contribution in [1.29, 1.82) is 0 Å². The van der Waals surface area contributed by atoms with E-state index in [0.29, 0.717) is 5.52 Å². The maximum Gasteiger partial charge on any atom is 0.293 e. The number of hydroxylamine groups is 1. The largest absolute Gasteiger partial charge is 0.506 e. The van der Waals surface area contributed by atoms with Crippen LogP contribution in [0.25, 0.3) is 10.9 Å². The Morgan fingerprint density at radius 1 is 1.05 bits per heavy atom. The van der Waals surface area contributed by atoms with Crippen molar-refractivity contribution >= 4 is 16.8 Å². The third-order valence-corrected chi connectivity index (χ3v) is 3.18. The van der Waals surface area contributed by atoms with Crippen LogP contribution in [0.5, 0.6) is 5.75 Å². The minimum atomic E-state index is -0.457. The van der Waals surface area contributed by atoms with Crippen LogP contribution in [-0.4, -0.2) is 16.0 Å². The molecule has 0 radical (unpaired) electrons. The third-order valence-electron chi connectivity index (χ3n) is 3.18. The smallest absolute Gasteiger partial charge is 0.293 e. The van der Waals surface area contributed by atoms with Crippen LogP contribution in [0.2, 0.25) is 0 Å². The summed E-state index contributed by atoms with van der Waals surface area (Å²) < 4.78 is 0. The van der Waals surface area contributed by atoms with E-state index in [2.05, 4.69) is 10.5 Å². The molecule has 1 aromatic heterocycles. The second-order valence-electron chi connectivity index (χ2n) is 4.75. The summed E-state index contributed by atoms with van der Waals surface area (Å²) in [5.74, 6) is -0.418. The topological polar surface area (TPSA) is 71.5 Å². The number of carbonyl (C=O) groups is 1. The number of amides is 1. The highest BCUT2D eigenvalue weighted by atomic mass is 16.6. The van der Waals surface area contributed by atoms with Crippen LogP contribution >= 0.6 is 0 Å². The summed E-state index contributed by atoms with van der Waals surface area (Å²) in [5, 5.41) is 10.5. The molecule has 3 aromatic rings. The van der Waals surface area contributed by atoms with Gasteiger partial charge in [-0.3, -0.25) is 9.63 Å². The zero-order valence-corrected chi connectivity index (χ0v) is 11.7. The van der Waals surface area contributed by atoms with Crippen molar-refractivity contribution < 1.29 is 14.7 Å². The molecule has 0 bridgehead atoms. The number of aromatic nitrogens is 1. The van der Waals surface area contributed by atoms with Crippen molar-refractivity contribution in [3.63, 3.8) is 0 Å². The molecule has 0 aliphatic heterocycles. The minimum absolute atomic E-state index is 0.0392. The maximum absolute atomic E-state index is 12.0. The first-order chi connectivity index (χ1) is 10.7. The van der Waals surface area contributed by atoms with Crippen molar-refractivity contribution in [3.05, 3.63) is 71.9 Å². The Labute approximate surface area is 127 Å². The molecule has 5 heteroatoms. The van der Waals surface area contributed by atoms with Gasteiger partial charge in [-0.25, -0.2) is 10.5 Å². The molecule has 0 spiro atoms. The van der Waals surface area contributed by atoms with E-state index in [1.165, 1.54) is 6.07 Å². The molecular weight excluding hydrogens is 280 g/mol. The number of hydrogen-bond donors (Lipinski definition) is 2. The molecule has 0 saturated heterocycles. The van der Waals surface area contributed by atoms with Crippen LogP contribution in [0.15, 0.2) is 60.7 Å². The predicted octanol–water partition coefficient (Wildman–Crippen LogP) is 2.80. The molecule has 1 amide bonds. The van der Waals surface area contributed by atoms with Crippen LogP contribution in [0.4, 0.5) is 0 Å². The SMILES string of the molecule is O=C(NOCc1ccccc1)c1ccc2cccc(O)c2n1. The molecule has 2 N–H and O–H groups in total. The Morgan fingerprint density at radius 2 is 1.86 bits per heavy atom. The number of phenolic OH excluding ortho intramolecular Hbond substituents is 1. The molecule has 110 valence electrons. The summed E-state index contributed by atoms with van der Waals surface area (Å²) in [6.45, 7) is 0.269. The van der Waals surface area contributed by atoms with Gasteiger partial charge in [0.1, 0.15) is 17.0 Å². The van der Waals surface area contributed by atoms with Crippen LogP contribution in [0.1, 0.15) is 16.1 Å². The van der Waals surface area contributed by atoms with Crippen molar-refractivity contribution in [2.24, 2.45) is 0 Å². The lowest BCUT2D eigenvalue weighted by molar-refractivity contribution is 0.0229. The Balaban J connectivity index is 1.68. The van der Waals surface area contributed by atoms with Crippen LogP contribution in [0, 0.1) is 0 Å². The van der Waals surface area contributed by atoms with Gasteiger partial charge >= 0.3 is 0 Å². The van der Waals surface area contributed by atoms with Gasteiger partial charge in [0.25, 0.3) is 5.91 Å². The molecule has 0 aliphatic carbocycles. The molecule has 0 aliphatic rings. The standard InChI is InChI=1S/C17H14N2O3/c20-15-8-4-7-13-9-10-14(18-16(13)15)17(21)19-22-11-12-5-2-1-3-6-12/h1-10,20H,11H2,(H,19,21). The van der Waals surface area contributed by atoms with Gasteiger partial charge in [0.05, 0.1) is 6.61 Å². The first-order valence-corrected chi connectivity index (χ1v) is 6.79. The van der Waals surface area contributed by atoms with Gasteiger partial charge in [0, 0.05) is 5.39 Å². The molecule has 2 aromatic carbocycles. The van der Waals surface area contributed by atoms with E-state index in [1.807, 2.05) is 36.4 Å². The molecule has 3 rings (SSSR count). The monoisotopic (exact) mass is 294 g/mol.